The van der Waals surface area contributed by atoms with Crippen LogP contribution in [-0.4, -0.2) is 68.5 Å². The highest BCUT2D eigenvalue weighted by Crippen LogP contribution is 2.24. The van der Waals surface area contributed by atoms with Gasteiger partial charge in [0.05, 0.1) is 10.4 Å². The van der Waals surface area contributed by atoms with Crippen LogP contribution < -0.4 is 5.73 Å². The number of nitrogens with zero attached hydrogens (tertiary/aromatic N) is 2. The van der Waals surface area contributed by atoms with Gasteiger partial charge < -0.3 is 15.4 Å². The van der Waals surface area contributed by atoms with E-state index < -0.39 is 15.6 Å². The second-order valence-corrected chi connectivity index (χ2v) is 9.15. The molecule has 7 nitrogen and oxygen atoms in total. The Morgan fingerprint density at radius 1 is 1.08 bits per heavy atom. The molecular formula is C18H27N3O4S. The Hall–Kier alpha value is -1.48. The first kappa shape index (κ1) is 19.3. The molecule has 2 saturated heterocycles. The highest BCUT2D eigenvalue weighted by Gasteiger charge is 2.40. The van der Waals surface area contributed by atoms with Gasteiger partial charge in [-0.25, -0.2) is 8.42 Å². The molecule has 0 unspecified atom stereocenters. The maximum absolute atomic E-state index is 12.9. The van der Waals surface area contributed by atoms with Crippen molar-refractivity contribution in [3.05, 3.63) is 29.3 Å². The molecule has 1 aromatic carbocycles. The van der Waals surface area contributed by atoms with Gasteiger partial charge >= 0.3 is 0 Å². The van der Waals surface area contributed by atoms with Crippen molar-refractivity contribution in [2.75, 3.05) is 39.4 Å². The first-order valence-electron chi connectivity index (χ1n) is 8.97. The summed E-state index contributed by atoms with van der Waals surface area (Å²) in [6.45, 7) is 6.13. The fourth-order valence-corrected chi connectivity index (χ4v) is 4.93. The molecule has 144 valence electrons. The maximum Gasteiger partial charge on any atom is 0.243 e. The smallest absolute Gasteiger partial charge is 0.243 e. The summed E-state index contributed by atoms with van der Waals surface area (Å²) >= 11 is 0. The Labute approximate surface area is 155 Å². The Balaban J connectivity index is 1.67. The van der Waals surface area contributed by atoms with Crippen LogP contribution in [0.25, 0.3) is 0 Å². The second-order valence-electron chi connectivity index (χ2n) is 7.21. The van der Waals surface area contributed by atoms with Gasteiger partial charge in [-0.1, -0.05) is 6.07 Å². The van der Waals surface area contributed by atoms with Crippen molar-refractivity contribution in [3.8, 4) is 0 Å². The summed E-state index contributed by atoms with van der Waals surface area (Å²) in [5.41, 5.74) is 7.40. The number of nitrogens with two attached hydrogens (primary N) is 1. The average Bonchev–Trinajstić information content (AvgIpc) is 2.64. The molecule has 0 atom stereocenters. The molecule has 0 saturated carbocycles. The van der Waals surface area contributed by atoms with Crippen molar-refractivity contribution >= 4 is 15.9 Å². The maximum atomic E-state index is 12.9. The Bertz CT molecular complexity index is 780. The van der Waals surface area contributed by atoms with E-state index in [9.17, 15) is 13.2 Å². The predicted molar refractivity (Wildman–Crippen MR) is 98.2 cm³/mol. The molecule has 2 aliphatic rings. The zero-order valence-electron chi connectivity index (χ0n) is 15.4. The lowest BCUT2D eigenvalue weighted by molar-refractivity contribution is -0.141. The van der Waals surface area contributed by atoms with Crippen LogP contribution in [0.4, 0.5) is 0 Å². The lowest BCUT2D eigenvalue weighted by Crippen LogP contribution is -2.61. The summed E-state index contributed by atoms with van der Waals surface area (Å²) < 4.78 is 32.5. The summed E-state index contributed by atoms with van der Waals surface area (Å²) in [4.78, 5) is 14.8. The van der Waals surface area contributed by atoms with Gasteiger partial charge in [-0.05, 0) is 49.9 Å². The number of hydrogen-bond donors (Lipinski definition) is 1. The van der Waals surface area contributed by atoms with E-state index >= 15 is 0 Å². The summed E-state index contributed by atoms with van der Waals surface area (Å²) in [5, 5.41) is 0. The minimum atomic E-state index is -3.55. The van der Waals surface area contributed by atoms with E-state index in [4.69, 9.17) is 10.5 Å². The summed E-state index contributed by atoms with van der Waals surface area (Å²) in [7, 11) is -3.55. The molecule has 26 heavy (non-hydrogen) atoms. The number of carbonyl (C=O) groups excluding carboxylic acids is 1. The Morgan fingerprint density at radius 2 is 1.69 bits per heavy atom. The number of benzene rings is 1. The zero-order chi connectivity index (χ0) is 18.9. The molecule has 2 N–H and O–H groups in total. The number of amides is 1. The third-order valence-corrected chi connectivity index (χ3v) is 7.35. The summed E-state index contributed by atoms with van der Waals surface area (Å²) in [6.07, 6.45) is 1.01. The summed E-state index contributed by atoms with van der Waals surface area (Å²) in [6, 6.07) is 5.18. The van der Waals surface area contributed by atoms with Gasteiger partial charge in [0, 0.05) is 39.4 Å². The third-order valence-electron chi connectivity index (χ3n) is 5.45. The lowest BCUT2D eigenvalue weighted by Gasteiger charge is -2.40. The van der Waals surface area contributed by atoms with E-state index in [1.807, 2.05) is 19.9 Å². The van der Waals surface area contributed by atoms with Crippen molar-refractivity contribution in [3.63, 3.8) is 0 Å². The normalized spacial score (nSPS) is 21.6. The number of sulfonamides is 1. The lowest BCUT2D eigenvalue weighted by atomic mass is 9.89. The van der Waals surface area contributed by atoms with Crippen LogP contribution in [0.1, 0.15) is 24.0 Å². The van der Waals surface area contributed by atoms with Crippen LogP contribution >= 0.6 is 0 Å². The van der Waals surface area contributed by atoms with E-state index in [0.29, 0.717) is 44.0 Å². The van der Waals surface area contributed by atoms with E-state index in [-0.39, 0.29) is 19.0 Å². The van der Waals surface area contributed by atoms with Gasteiger partial charge in [0.1, 0.15) is 0 Å². The van der Waals surface area contributed by atoms with Gasteiger partial charge in [0.15, 0.2) is 0 Å². The van der Waals surface area contributed by atoms with Crippen molar-refractivity contribution in [2.24, 2.45) is 5.73 Å². The van der Waals surface area contributed by atoms with Gasteiger partial charge in [-0.15, -0.1) is 0 Å². The Morgan fingerprint density at radius 3 is 2.27 bits per heavy atom. The van der Waals surface area contributed by atoms with Crippen LogP contribution in [0.15, 0.2) is 23.1 Å². The van der Waals surface area contributed by atoms with E-state index in [0.717, 1.165) is 11.1 Å². The van der Waals surface area contributed by atoms with Crippen molar-refractivity contribution in [2.45, 2.75) is 37.1 Å². The molecule has 3 rings (SSSR count). The monoisotopic (exact) mass is 381 g/mol. The number of aryl methyl sites for hydroxylation is 2. The van der Waals surface area contributed by atoms with Crippen molar-refractivity contribution in [1.29, 1.82) is 0 Å². The van der Waals surface area contributed by atoms with Gasteiger partial charge in [0.2, 0.25) is 15.9 Å². The molecular weight excluding hydrogens is 354 g/mol. The van der Waals surface area contributed by atoms with E-state index in [1.165, 1.54) is 4.31 Å². The number of piperazine rings is 1. The molecule has 8 heteroatoms. The molecule has 0 aromatic heterocycles. The largest absolute Gasteiger partial charge is 0.381 e. The number of carbonyl (C=O) groups is 1. The molecule has 0 spiro atoms. The van der Waals surface area contributed by atoms with Gasteiger partial charge in [-0.3, -0.25) is 4.79 Å². The molecule has 0 radical (unpaired) electrons. The molecule has 1 amide bonds. The van der Waals surface area contributed by atoms with E-state index in [1.54, 1.807) is 17.0 Å². The highest BCUT2D eigenvalue weighted by atomic mass is 32.2. The fraction of sp³-hybridized carbons (Fsp3) is 0.611. The zero-order valence-corrected chi connectivity index (χ0v) is 16.2. The minimum Gasteiger partial charge on any atom is -0.381 e. The average molecular weight is 381 g/mol. The molecule has 2 fully saturated rings. The first-order valence-corrected chi connectivity index (χ1v) is 10.4. The topological polar surface area (TPSA) is 92.9 Å². The molecule has 2 aliphatic heterocycles. The van der Waals surface area contributed by atoms with Crippen LogP contribution in [0, 0.1) is 13.8 Å². The molecule has 1 aromatic rings. The second kappa shape index (κ2) is 7.26. The van der Waals surface area contributed by atoms with Crippen molar-refractivity contribution < 1.29 is 17.9 Å². The van der Waals surface area contributed by atoms with E-state index in [2.05, 4.69) is 0 Å². The standard InChI is InChI=1S/C18H27N3O4S/c1-14-3-4-16(13-15(14)2)26(23,24)21-9-7-20(8-10-21)17(22)18(19)5-11-25-12-6-18/h3-4,13H,5-12,19H2,1-2H3. The first-order chi connectivity index (χ1) is 12.2. The van der Waals surface area contributed by atoms with Gasteiger partial charge in [0.25, 0.3) is 0 Å². The third kappa shape index (κ3) is 3.64. The molecule has 2 heterocycles. The molecule has 0 bridgehead atoms. The predicted octanol–water partition coefficient (Wildman–Crippen LogP) is 0.644. The number of rotatable bonds is 3. The Kier molecular flexibility index (Phi) is 5.39. The minimum absolute atomic E-state index is 0.0935. The summed E-state index contributed by atoms with van der Waals surface area (Å²) in [5.74, 6) is -0.0935. The van der Waals surface area contributed by atoms with Crippen LogP contribution in [-0.2, 0) is 19.6 Å². The van der Waals surface area contributed by atoms with Crippen LogP contribution in [0.5, 0.6) is 0 Å². The SMILES string of the molecule is Cc1ccc(S(=O)(=O)N2CCN(C(=O)C3(N)CCOCC3)CC2)cc1C. The number of hydrogen-bond acceptors (Lipinski definition) is 5. The van der Waals surface area contributed by atoms with Gasteiger partial charge in [-0.2, -0.15) is 4.31 Å². The fourth-order valence-electron chi connectivity index (χ4n) is 3.42. The number of ether oxygens (including phenoxy) is 1. The quantitative estimate of drug-likeness (QED) is 0.830. The molecule has 0 aliphatic carbocycles. The highest BCUT2D eigenvalue weighted by molar-refractivity contribution is 7.89. The van der Waals surface area contributed by atoms with Crippen LogP contribution in [0.2, 0.25) is 0 Å². The van der Waals surface area contributed by atoms with Crippen LogP contribution in [0.3, 0.4) is 0 Å². The van der Waals surface area contributed by atoms with Crippen molar-refractivity contribution in [1.82, 2.24) is 9.21 Å².